The maximum absolute atomic E-state index is 12.4. The molecule has 1 heterocycles. The smallest absolute Gasteiger partial charge is 0.309 e. The quantitative estimate of drug-likeness (QED) is 0.621. The van der Waals surface area contributed by atoms with Crippen molar-refractivity contribution in [2.24, 2.45) is 0 Å². The maximum atomic E-state index is 12.4. The Bertz CT molecular complexity index is 883. The van der Waals surface area contributed by atoms with Gasteiger partial charge in [0.05, 0.1) is 33.5 Å². The number of nitrogens with one attached hydrogen (secondary N) is 2. The van der Waals surface area contributed by atoms with Gasteiger partial charge in [0.1, 0.15) is 11.5 Å². The van der Waals surface area contributed by atoms with Crippen LogP contribution in [0.25, 0.3) is 0 Å². The Labute approximate surface area is 182 Å². The molecule has 1 aliphatic heterocycles. The molecule has 0 spiro atoms. The first-order valence-corrected chi connectivity index (χ1v) is 10.3. The SMILES string of the molecule is COc1cccc(C(CNC(=O)C(=O)NCc2ccccc2OC)N2CCOCC2)c1. The van der Waals surface area contributed by atoms with Crippen molar-refractivity contribution in [2.45, 2.75) is 12.6 Å². The maximum Gasteiger partial charge on any atom is 0.309 e. The van der Waals surface area contributed by atoms with Crippen LogP contribution in [-0.2, 0) is 20.9 Å². The lowest BCUT2D eigenvalue weighted by molar-refractivity contribution is -0.139. The highest BCUT2D eigenvalue weighted by Crippen LogP contribution is 2.24. The number of rotatable bonds is 8. The minimum absolute atomic E-state index is 0.0926. The zero-order valence-electron chi connectivity index (χ0n) is 17.9. The van der Waals surface area contributed by atoms with Gasteiger partial charge < -0.3 is 24.8 Å². The average Bonchev–Trinajstić information content (AvgIpc) is 2.83. The van der Waals surface area contributed by atoms with E-state index < -0.39 is 11.8 Å². The van der Waals surface area contributed by atoms with E-state index in [1.807, 2.05) is 48.5 Å². The van der Waals surface area contributed by atoms with Gasteiger partial charge in [0.25, 0.3) is 0 Å². The van der Waals surface area contributed by atoms with Crippen molar-refractivity contribution >= 4 is 11.8 Å². The fraction of sp³-hybridized carbons (Fsp3) is 0.391. The van der Waals surface area contributed by atoms with Crippen LogP contribution in [0.5, 0.6) is 11.5 Å². The lowest BCUT2D eigenvalue weighted by atomic mass is 10.0. The van der Waals surface area contributed by atoms with Crippen LogP contribution in [0.3, 0.4) is 0 Å². The first-order valence-electron chi connectivity index (χ1n) is 10.3. The Kier molecular flexibility index (Phi) is 8.26. The lowest BCUT2D eigenvalue weighted by Gasteiger charge is -2.35. The normalized spacial score (nSPS) is 15.0. The van der Waals surface area contributed by atoms with Gasteiger partial charge in [0, 0.05) is 31.7 Å². The highest BCUT2D eigenvalue weighted by Gasteiger charge is 2.25. The molecule has 31 heavy (non-hydrogen) atoms. The molecule has 2 aromatic carbocycles. The van der Waals surface area contributed by atoms with Crippen LogP contribution in [0.1, 0.15) is 17.2 Å². The molecule has 8 nitrogen and oxygen atoms in total. The summed E-state index contributed by atoms with van der Waals surface area (Å²) < 4.78 is 16.1. The molecule has 1 fully saturated rings. The molecule has 1 atom stereocenters. The van der Waals surface area contributed by atoms with Crippen molar-refractivity contribution in [3.8, 4) is 11.5 Å². The van der Waals surface area contributed by atoms with Crippen molar-refractivity contribution in [3.05, 3.63) is 59.7 Å². The molecule has 3 rings (SSSR count). The van der Waals surface area contributed by atoms with Gasteiger partial charge in [-0.05, 0) is 23.8 Å². The average molecular weight is 428 g/mol. The van der Waals surface area contributed by atoms with E-state index in [9.17, 15) is 9.59 Å². The fourth-order valence-electron chi connectivity index (χ4n) is 3.57. The van der Waals surface area contributed by atoms with Crippen LogP contribution in [-0.4, -0.2) is 63.8 Å². The van der Waals surface area contributed by atoms with E-state index in [1.54, 1.807) is 14.2 Å². The molecular weight excluding hydrogens is 398 g/mol. The van der Waals surface area contributed by atoms with E-state index in [1.165, 1.54) is 0 Å². The third kappa shape index (κ3) is 6.19. The van der Waals surface area contributed by atoms with Gasteiger partial charge in [-0.2, -0.15) is 0 Å². The summed E-state index contributed by atoms with van der Waals surface area (Å²) in [7, 11) is 3.19. The Balaban J connectivity index is 1.61. The van der Waals surface area contributed by atoms with Gasteiger partial charge in [0.15, 0.2) is 0 Å². The molecule has 8 heteroatoms. The minimum Gasteiger partial charge on any atom is -0.497 e. The van der Waals surface area contributed by atoms with E-state index in [2.05, 4.69) is 15.5 Å². The molecule has 0 radical (unpaired) electrons. The van der Waals surface area contributed by atoms with Gasteiger partial charge in [-0.25, -0.2) is 0 Å². The monoisotopic (exact) mass is 427 g/mol. The number of methoxy groups -OCH3 is 2. The Morgan fingerprint density at radius 1 is 1.00 bits per heavy atom. The van der Waals surface area contributed by atoms with Gasteiger partial charge >= 0.3 is 11.8 Å². The van der Waals surface area contributed by atoms with E-state index >= 15 is 0 Å². The van der Waals surface area contributed by atoms with E-state index in [0.29, 0.717) is 25.5 Å². The summed E-state index contributed by atoms with van der Waals surface area (Å²) in [6.45, 7) is 3.27. The number of nitrogens with zero attached hydrogens (tertiary/aromatic N) is 1. The Hall–Kier alpha value is -3.10. The third-order valence-corrected chi connectivity index (χ3v) is 5.26. The molecule has 2 aromatic rings. The zero-order valence-corrected chi connectivity index (χ0v) is 17.9. The molecule has 0 saturated carbocycles. The number of morpholine rings is 1. The second kappa shape index (κ2) is 11.3. The number of para-hydroxylation sites is 1. The second-order valence-corrected chi connectivity index (χ2v) is 7.15. The summed E-state index contributed by atoms with van der Waals surface area (Å²) in [6, 6.07) is 15.0. The first-order chi connectivity index (χ1) is 15.1. The summed E-state index contributed by atoms with van der Waals surface area (Å²) in [4.78, 5) is 27.0. The largest absolute Gasteiger partial charge is 0.497 e. The molecular formula is C23H29N3O5. The number of hydrogen-bond acceptors (Lipinski definition) is 6. The van der Waals surface area contributed by atoms with E-state index in [-0.39, 0.29) is 12.6 Å². The highest BCUT2D eigenvalue weighted by atomic mass is 16.5. The molecule has 166 valence electrons. The number of carbonyl (C=O) groups excluding carboxylic acids is 2. The van der Waals surface area contributed by atoms with Crippen LogP contribution in [0, 0.1) is 0 Å². The van der Waals surface area contributed by atoms with Crippen molar-refractivity contribution in [2.75, 3.05) is 47.1 Å². The molecule has 1 saturated heterocycles. The zero-order chi connectivity index (χ0) is 22.1. The molecule has 1 aliphatic rings. The number of carbonyl (C=O) groups is 2. The summed E-state index contributed by atoms with van der Waals surface area (Å²) >= 11 is 0. The van der Waals surface area contributed by atoms with Crippen molar-refractivity contribution in [3.63, 3.8) is 0 Å². The van der Waals surface area contributed by atoms with Gasteiger partial charge in [0.2, 0.25) is 0 Å². The third-order valence-electron chi connectivity index (χ3n) is 5.26. The summed E-state index contributed by atoms with van der Waals surface area (Å²) in [5.41, 5.74) is 1.81. The first kappa shape index (κ1) is 22.6. The van der Waals surface area contributed by atoms with Crippen molar-refractivity contribution in [1.29, 1.82) is 0 Å². The lowest BCUT2D eigenvalue weighted by Crippen LogP contribution is -2.46. The van der Waals surface area contributed by atoms with Crippen LogP contribution in [0.4, 0.5) is 0 Å². The van der Waals surface area contributed by atoms with Gasteiger partial charge in [-0.15, -0.1) is 0 Å². The van der Waals surface area contributed by atoms with Gasteiger partial charge in [-0.3, -0.25) is 14.5 Å². The predicted octanol–water partition coefficient (Wildman–Crippen LogP) is 1.51. The molecule has 0 bridgehead atoms. The van der Waals surface area contributed by atoms with E-state index in [4.69, 9.17) is 14.2 Å². The number of amides is 2. The number of ether oxygens (including phenoxy) is 3. The molecule has 2 N–H and O–H groups in total. The van der Waals surface area contributed by atoms with E-state index in [0.717, 1.165) is 30.0 Å². The molecule has 0 aromatic heterocycles. The Morgan fingerprint density at radius 3 is 2.48 bits per heavy atom. The van der Waals surface area contributed by atoms with Crippen molar-refractivity contribution < 1.29 is 23.8 Å². The minimum atomic E-state index is -0.683. The number of benzene rings is 2. The summed E-state index contributed by atoms with van der Waals surface area (Å²) in [6.07, 6.45) is 0. The van der Waals surface area contributed by atoms with Crippen LogP contribution in [0.2, 0.25) is 0 Å². The number of hydrogen-bond donors (Lipinski definition) is 2. The standard InChI is InChI=1S/C23H29N3O5/c1-29-19-8-5-7-17(14-19)20(26-10-12-31-13-11-26)16-25-23(28)22(27)24-15-18-6-3-4-9-21(18)30-2/h3-9,14,20H,10-13,15-16H2,1-2H3,(H,24,27)(H,25,28). The molecule has 0 aliphatic carbocycles. The molecule has 1 unspecified atom stereocenters. The fourth-order valence-corrected chi connectivity index (χ4v) is 3.57. The van der Waals surface area contributed by atoms with Gasteiger partial charge in [-0.1, -0.05) is 30.3 Å². The van der Waals surface area contributed by atoms with Crippen LogP contribution >= 0.6 is 0 Å². The van der Waals surface area contributed by atoms with Crippen molar-refractivity contribution in [1.82, 2.24) is 15.5 Å². The van der Waals surface area contributed by atoms with Crippen LogP contribution in [0.15, 0.2) is 48.5 Å². The topological polar surface area (TPSA) is 89.1 Å². The predicted molar refractivity (Wildman–Crippen MR) is 116 cm³/mol. The summed E-state index contributed by atoms with van der Waals surface area (Å²) in [5.74, 6) is 0.0542. The van der Waals surface area contributed by atoms with Crippen LogP contribution < -0.4 is 20.1 Å². The second-order valence-electron chi connectivity index (χ2n) is 7.15. The highest BCUT2D eigenvalue weighted by molar-refractivity contribution is 6.35. The summed E-state index contributed by atoms with van der Waals surface area (Å²) in [5, 5.41) is 5.43. The molecule has 2 amide bonds. The Morgan fingerprint density at radius 2 is 1.74 bits per heavy atom.